The molecule has 2 unspecified atom stereocenters. The van der Waals surface area contributed by atoms with E-state index >= 15 is 0 Å². The van der Waals surface area contributed by atoms with Gasteiger partial charge in [0.05, 0.1) is 0 Å². The van der Waals surface area contributed by atoms with E-state index in [0.717, 1.165) is 18.0 Å². The van der Waals surface area contributed by atoms with Crippen LogP contribution >= 0.6 is 0 Å². The lowest BCUT2D eigenvalue weighted by Crippen LogP contribution is -2.63. The van der Waals surface area contributed by atoms with Gasteiger partial charge in [0.25, 0.3) is 0 Å². The summed E-state index contributed by atoms with van der Waals surface area (Å²) >= 11 is 0. The van der Waals surface area contributed by atoms with E-state index in [4.69, 9.17) is 0 Å². The lowest BCUT2D eigenvalue weighted by Gasteiger charge is -2.49. The zero-order valence-electron chi connectivity index (χ0n) is 12.1. The van der Waals surface area contributed by atoms with Crippen LogP contribution in [0.4, 0.5) is 0 Å². The first-order valence-corrected chi connectivity index (χ1v) is 7.58. The van der Waals surface area contributed by atoms with Gasteiger partial charge in [0, 0.05) is 30.7 Å². The van der Waals surface area contributed by atoms with Crippen molar-refractivity contribution < 1.29 is 0 Å². The molecule has 2 atom stereocenters. The first-order chi connectivity index (χ1) is 8.08. The summed E-state index contributed by atoms with van der Waals surface area (Å²) in [5, 5.41) is 3.78. The highest BCUT2D eigenvalue weighted by atomic mass is 15.3. The predicted octanol–water partition coefficient (Wildman–Crippen LogP) is 3.03. The van der Waals surface area contributed by atoms with E-state index < -0.39 is 0 Å². The Balaban J connectivity index is 2.02. The lowest BCUT2D eigenvalue weighted by atomic mass is 9.90. The molecule has 100 valence electrons. The molecular formula is C15H30N2. The molecule has 1 saturated carbocycles. The fraction of sp³-hybridized carbons (Fsp3) is 1.00. The van der Waals surface area contributed by atoms with E-state index in [1.165, 1.54) is 45.2 Å². The van der Waals surface area contributed by atoms with Crippen LogP contribution in [-0.4, -0.2) is 35.6 Å². The van der Waals surface area contributed by atoms with Gasteiger partial charge in [-0.2, -0.15) is 0 Å². The fourth-order valence-corrected chi connectivity index (χ4v) is 3.50. The molecule has 2 nitrogen and oxygen atoms in total. The van der Waals surface area contributed by atoms with E-state index in [1.54, 1.807) is 0 Å². The van der Waals surface area contributed by atoms with Crippen LogP contribution in [-0.2, 0) is 0 Å². The van der Waals surface area contributed by atoms with Crippen molar-refractivity contribution in [2.24, 2.45) is 5.92 Å². The minimum Gasteiger partial charge on any atom is -0.311 e. The SMILES string of the molecule is CCCC(C)(C)N1CC(C2CC2)NCC1CC. The standard InChI is InChI=1S/C15H30N2/c1-5-9-15(3,4)17-11-14(12-7-8-12)16-10-13(17)6-2/h12-14,16H,5-11H2,1-4H3. The molecule has 0 aromatic rings. The molecule has 1 aliphatic heterocycles. The Morgan fingerprint density at radius 3 is 2.47 bits per heavy atom. The molecule has 2 heteroatoms. The van der Waals surface area contributed by atoms with Gasteiger partial charge in [-0.05, 0) is 45.4 Å². The summed E-state index contributed by atoms with van der Waals surface area (Å²) in [6.45, 7) is 12.0. The maximum atomic E-state index is 3.78. The van der Waals surface area contributed by atoms with Gasteiger partial charge in [-0.15, -0.1) is 0 Å². The Bertz CT molecular complexity index is 245. The van der Waals surface area contributed by atoms with Gasteiger partial charge in [0.15, 0.2) is 0 Å². The molecule has 1 saturated heterocycles. The fourth-order valence-electron chi connectivity index (χ4n) is 3.50. The molecule has 0 spiro atoms. The number of hydrogen-bond donors (Lipinski definition) is 1. The monoisotopic (exact) mass is 238 g/mol. The summed E-state index contributed by atoms with van der Waals surface area (Å²) in [5.74, 6) is 0.979. The minimum absolute atomic E-state index is 0.380. The minimum atomic E-state index is 0.380. The van der Waals surface area contributed by atoms with Crippen LogP contribution in [0, 0.1) is 5.92 Å². The second-order valence-corrected chi connectivity index (χ2v) is 6.63. The summed E-state index contributed by atoms with van der Waals surface area (Å²) in [6.07, 6.45) is 6.80. The lowest BCUT2D eigenvalue weighted by molar-refractivity contribution is 0.0193. The zero-order valence-corrected chi connectivity index (χ0v) is 12.1. The quantitative estimate of drug-likeness (QED) is 0.792. The molecule has 1 heterocycles. The first-order valence-electron chi connectivity index (χ1n) is 7.58. The van der Waals surface area contributed by atoms with E-state index in [9.17, 15) is 0 Å². The Morgan fingerprint density at radius 1 is 1.24 bits per heavy atom. The Hall–Kier alpha value is -0.0800. The molecule has 0 aromatic heterocycles. The number of nitrogens with zero attached hydrogens (tertiary/aromatic N) is 1. The molecule has 0 amide bonds. The maximum absolute atomic E-state index is 3.78. The van der Waals surface area contributed by atoms with Crippen LogP contribution < -0.4 is 5.32 Å². The molecule has 17 heavy (non-hydrogen) atoms. The molecule has 0 aromatic carbocycles. The van der Waals surface area contributed by atoms with Gasteiger partial charge in [-0.1, -0.05) is 20.3 Å². The smallest absolute Gasteiger partial charge is 0.0224 e. The largest absolute Gasteiger partial charge is 0.311 e. The molecule has 1 N–H and O–H groups in total. The van der Waals surface area contributed by atoms with E-state index in [-0.39, 0.29) is 0 Å². The molecule has 2 fully saturated rings. The van der Waals surface area contributed by atoms with Gasteiger partial charge in [-0.3, -0.25) is 4.90 Å². The molecule has 0 bridgehead atoms. The van der Waals surface area contributed by atoms with Gasteiger partial charge in [0.1, 0.15) is 0 Å². The molecule has 2 rings (SSSR count). The van der Waals surface area contributed by atoms with Gasteiger partial charge < -0.3 is 5.32 Å². The average Bonchev–Trinajstić information content (AvgIpc) is 3.12. The highest BCUT2D eigenvalue weighted by Gasteiger charge is 2.40. The number of hydrogen-bond acceptors (Lipinski definition) is 2. The van der Waals surface area contributed by atoms with Crippen molar-refractivity contribution in [3.8, 4) is 0 Å². The predicted molar refractivity (Wildman–Crippen MR) is 74.3 cm³/mol. The molecule has 2 aliphatic rings. The number of nitrogens with one attached hydrogen (secondary N) is 1. The normalized spacial score (nSPS) is 31.8. The highest BCUT2D eigenvalue weighted by molar-refractivity contribution is 4.98. The van der Waals surface area contributed by atoms with Crippen molar-refractivity contribution in [2.75, 3.05) is 13.1 Å². The van der Waals surface area contributed by atoms with Crippen LogP contribution in [0.2, 0.25) is 0 Å². The van der Waals surface area contributed by atoms with Crippen molar-refractivity contribution in [1.29, 1.82) is 0 Å². The van der Waals surface area contributed by atoms with E-state index in [1.807, 2.05) is 0 Å². The summed E-state index contributed by atoms with van der Waals surface area (Å²) in [5.41, 5.74) is 0.380. The van der Waals surface area contributed by atoms with Gasteiger partial charge >= 0.3 is 0 Å². The summed E-state index contributed by atoms with van der Waals surface area (Å²) in [7, 11) is 0. The maximum Gasteiger partial charge on any atom is 0.0224 e. The van der Waals surface area contributed by atoms with Crippen molar-refractivity contribution in [1.82, 2.24) is 10.2 Å². The highest BCUT2D eigenvalue weighted by Crippen LogP contribution is 2.36. The van der Waals surface area contributed by atoms with Crippen LogP contribution in [0.5, 0.6) is 0 Å². The zero-order chi connectivity index (χ0) is 12.5. The topological polar surface area (TPSA) is 15.3 Å². The summed E-state index contributed by atoms with van der Waals surface area (Å²) in [4.78, 5) is 2.80. The third kappa shape index (κ3) is 3.03. The number of piperazine rings is 1. The van der Waals surface area contributed by atoms with Crippen LogP contribution in [0.3, 0.4) is 0 Å². The third-order valence-electron chi connectivity index (χ3n) is 4.75. The first kappa shape index (κ1) is 13.4. The second-order valence-electron chi connectivity index (χ2n) is 6.63. The van der Waals surface area contributed by atoms with Crippen LogP contribution in [0.25, 0.3) is 0 Å². The van der Waals surface area contributed by atoms with Crippen molar-refractivity contribution >= 4 is 0 Å². The molecule has 1 aliphatic carbocycles. The van der Waals surface area contributed by atoms with Crippen LogP contribution in [0.15, 0.2) is 0 Å². The Kier molecular flexibility index (Phi) is 4.14. The number of rotatable bonds is 5. The third-order valence-corrected chi connectivity index (χ3v) is 4.75. The van der Waals surface area contributed by atoms with Crippen molar-refractivity contribution in [3.63, 3.8) is 0 Å². The Morgan fingerprint density at radius 2 is 1.94 bits per heavy atom. The van der Waals surface area contributed by atoms with Crippen LogP contribution in [0.1, 0.15) is 59.8 Å². The van der Waals surface area contributed by atoms with Crippen molar-refractivity contribution in [3.05, 3.63) is 0 Å². The second kappa shape index (κ2) is 5.27. The average molecular weight is 238 g/mol. The molecular weight excluding hydrogens is 208 g/mol. The van der Waals surface area contributed by atoms with E-state index in [0.29, 0.717) is 5.54 Å². The summed E-state index contributed by atoms with van der Waals surface area (Å²) in [6, 6.07) is 1.51. The summed E-state index contributed by atoms with van der Waals surface area (Å²) < 4.78 is 0. The van der Waals surface area contributed by atoms with Gasteiger partial charge in [-0.25, -0.2) is 0 Å². The molecule has 0 radical (unpaired) electrons. The van der Waals surface area contributed by atoms with E-state index in [2.05, 4.69) is 37.9 Å². The van der Waals surface area contributed by atoms with Crippen molar-refractivity contribution in [2.45, 2.75) is 77.4 Å². The van der Waals surface area contributed by atoms with Gasteiger partial charge in [0.2, 0.25) is 0 Å². The Labute approximate surface area is 107 Å².